The van der Waals surface area contributed by atoms with Crippen molar-refractivity contribution in [3.05, 3.63) is 0 Å². The Balaban J connectivity index is 2.69. The van der Waals surface area contributed by atoms with Crippen molar-refractivity contribution in [2.75, 3.05) is 19.0 Å². The molecule has 0 saturated heterocycles. The Morgan fingerprint density at radius 2 is 2.00 bits per heavy atom. The monoisotopic (exact) mass is 180 g/mol. The summed E-state index contributed by atoms with van der Waals surface area (Å²) in [4.78, 5) is 0. The molecule has 0 spiro atoms. The Bertz CT molecular complexity index is 63.1. The Morgan fingerprint density at radius 1 is 1.18 bits per heavy atom. The highest BCUT2D eigenvalue weighted by Crippen LogP contribution is 2.06. The zero-order valence-electron chi connectivity index (χ0n) is 7.14. The molecular weight excluding hydrogens is 163 g/mol. The van der Waals surface area contributed by atoms with Gasteiger partial charge in [0.1, 0.15) is 0 Å². The summed E-state index contributed by atoms with van der Waals surface area (Å²) in [6.07, 6.45) is 4.21. The van der Waals surface area contributed by atoms with E-state index in [4.69, 9.17) is 4.74 Å². The fraction of sp³-hybridized carbons (Fsp3) is 1.00. The standard InChI is InChI=1S/C8H17FOS/c1-2-6-10-7-4-3-5-8-11-9/h2-8H2,1H3. The molecule has 0 rings (SSSR count). The zero-order chi connectivity index (χ0) is 8.36. The van der Waals surface area contributed by atoms with E-state index < -0.39 is 0 Å². The fourth-order valence-corrected chi connectivity index (χ4v) is 1.10. The van der Waals surface area contributed by atoms with Crippen molar-refractivity contribution >= 4 is 12.1 Å². The van der Waals surface area contributed by atoms with Crippen molar-refractivity contribution in [3.63, 3.8) is 0 Å². The summed E-state index contributed by atoms with van der Waals surface area (Å²) in [6.45, 7) is 3.79. The van der Waals surface area contributed by atoms with Crippen LogP contribution in [0.5, 0.6) is 0 Å². The Hall–Kier alpha value is 0.240. The summed E-state index contributed by atoms with van der Waals surface area (Å²) in [5.41, 5.74) is 0. The van der Waals surface area contributed by atoms with Crippen LogP contribution in [0.4, 0.5) is 3.89 Å². The minimum absolute atomic E-state index is 0.429. The van der Waals surface area contributed by atoms with E-state index in [0.717, 1.165) is 38.9 Å². The van der Waals surface area contributed by atoms with Crippen LogP contribution in [0.2, 0.25) is 0 Å². The Kier molecular flexibility index (Phi) is 10.5. The summed E-state index contributed by atoms with van der Waals surface area (Å²) in [6, 6.07) is 0. The molecule has 0 amide bonds. The number of halogens is 1. The first-order chi connectivity index (χ1) is 5.41. The molecule has 1 nitrogen and oxygen atoms in total. The molecule has 0 aliphatic carbocycles. The van der Waals surface area contributed by atoms with Gasteiger partial charge < -0.3 is 4.74 Å². The molecule has 0 bridgehead atoms. The van der Waals surface area contributed by atoms with Gasteiger partial charge in [0.2, 0.25) is 0 Å². The maximum Gasteiger partial charge on any atom is 0.0466 e. The van der Waals surface area contributed by atoms with Crippen LogP contribution in [0.25, 0.3) is 0 Å². The van der Waals surface area contributed by atoms with E-state index in [2.05, 4.69) is 6.92 Å². The van der Waals surface area contributed by atoms with Gasteiger partial charge in [-0.15, -0.1) is 0 Å². The molecule has 3 heteroatoms. The van der Waals surface area contributed by atoms with Crippen LogP contribution in [-0.2, 0) is 4.74 Å². The first-order valence-electron chi connectivity index (χ1n) is 4.23. The molecule has 0 atom stereocenters. The van der Waals surface area contributed by atoms with E-state index in [1.807, 2.05) is 0 Å². The van der Waals surface area contributed by atoms with Gasteiger partial charge in [0.15, 0.2) is 0 Å². The van der Waals surface area contributed by atoms with Crippen LogP contribution < -0.4 is 0 Å². The van der Waals surface area contributed by atoms with Gasteiger partial charge in [0, 0.05) is 31.1 Å². The van der Waals surface area contributed by atoms with E-state index in [1.165, 1.54) is 0 Å². The molecule has 0 N–H and O–H groups in total. The van der Waals surface area contributed by atoms with Crippen molar-refractivity contribution in [2.45, 2.75) is 32.6 Å². The number of rotatable bonds is 8. The van der Waals surface area contributed by atoms with Gasteiger partial charge in [-0.25, -0.2) is 0 Å². The highest BCUT2D eigenvalue weighted by atomic mass is 32.2. The van der Waals surface area contributed by atoms with Gasteiger partial charge in [0.05, 0.1) is 0 Å². The summed E-state index contributed by atoms with van der Waals surface area (Å²) in [5.74, 6) is 0.633. The van der Waals surface area contributed by atoms with Gasteiger partial charge in [-0.05, 0) is 19.3 Å². The molecular formula is C8H17FOS. The highest BCUT2D eigenvalue weighted by molar-refractivity contribution is 7.94. The van der Waals surface area contributed by atoms with Gasteiger partial charge >= 0.3 is 0 Å². The lowest BCUT2D eigenvalue weighted by Gasteiger charge is -2.00. The molecule has 0 unspecified atom stereocenters. The molecule has 0 aromatic heterocycles. The van der Waals surface area contributed by atoms with Crippen molar-refractivity contribution in [2.24, 2.45) is 0 Å². The smallest absolute Gasteiger partial charge is 0.0466 e. The van der Waals surface area contributed by atoms with Gasteiger partial charge in [-0.2, -0.15) is 3.89 Å². The second-order valence-corrected chi connectivity index (χ2v) is 3.11. The lowest BCUT2D eigenvalue weighted by Crippen LogP contribution is -1.95. The highest BCUT2D eigenvalue weighted by Gasteiger charge is 1.89. The number of hydrogen-bond donors (Lipinski definition) is 0. The van der Waals surface area contributed by atoms with Crippen molar-refractivity contribution in [1.29, 1.82) is 0 Å². The second kappa shape index (κ2) is 10.2. The molecule has 0 aromatic rings. The average molecular weight is 180 g/mol. The molecule has 0 heterocycles. The molecule has 0 fully saturated rings. The van der Waals surface area contributed by atoms with E-state index in [-0.39, 0.29) is 0 Å². The third kappa shape index (κ3) is 10.2. The van der Waals surface area contributed by atoms with Crippen molar-refractivity contribution in [3.8, 4) is 0 Å². The Morgan fingerprint density at radius 3 is 2.64 bits per heavy atom. The number of ether oxygens (including phenoxy) is 1. The maximum absolute atomic E-state index is 11.5. The molecule has 0 aromatic carbocycles. The van der Waals surface area contributed by atoms with Crippen LogP contribution in [0, 0.1) is 0 Å². The van der Waals surface area contributed by atoms with Crippen molar-refractivity contribution < 1.29 is 8.62 Å². The second-order valence-electron chi connectivity index (χ2n) is 2.49. The summed E-state index contributed by atoms with van der Waals surface area (Å²) in [5, 5.41) is 0. The number of unbranched alkanes of at least 4 members (excludes halogenated alkanes) is 2. The average Bonchev–Trinajstić information content (AvgIpc) is 2.03. The molecule has 11 heavy (non-hydrogen) atoms. The van der Waals surface area contributed by atoms with E-state index >= 15 is 0 Å². The molecule has 0 aliphatic heterocycles. The van der Waals surface area contributed by atoms with Gasteiger partial charge in [-0.1, -0.05) is 13.3 Å². The lowest BCUT2D eigenvalue weighted by molar-refractivity contribution is 0.131. The van der Waals surface area contributed by atoms with E-state index in [0.29, 0.717) is 17.9 Å². The first kappa shape index (κ1) is 11.2. The minimum Gasteiger partial charge on any atom is -0.381 e. The van der Waals surface area contributed by atoms with Crippen LogP contribution in [0.15, 0.2) is 0 Å². The summed E-state index contributed by atoms with van der Waals surface area (Å²) < 4.78 is 16.8. The third-order valence-electron chi connectivity index (χ3n) is 1.36. The summed E-state index contributed by atoms with van der Waals surface area (Å²) >= 11 is 0.429. The van der Waals surface area contributed by atoms with Crippen molar-refractivity contribution in [1.82, 2.24) is 0 Å². The van der Waals surface area contributed by atoms with Crippen LogP contribution in [0.1, 0.15) is 32.6 Å². The predicted molar refractivity (Wildman–Crippen MR) is 48.5 cm³/mol. The third-order valence-corrected chi connectivity index (χ3v) is 1.80. The fourth-order valence-electron chi connectivity index (χ4n) is 0.784. The summed E-state index contributed by atoms with van der Waals surface area (Å²) in [7, 11) is 0. The topological polar surface area (TPSA) is 9.23 Å². The SMILES string of the molecule is CCCOCCCCCSF. The van der Waals surface area contributed by atoms with Crippen LogP contribution in [0.3, 0.4) is 0 Å². The Labute approximate surface area is 73.0 Å². The molecule has 0 aliphatic rings. The van der Waals surface area contributed by atoms with Gasteiger partial charge in [-0.3, -0.25) is 0 Å². The molecule has 68 valence electrons. The predicted octanol–water partition coefficient (Wildman–Crippen LogP) is 3.20. The quantitative estimate of drug-likeness (QED) is 0.530. The maximum atomic E-state index is 11.5. The van der Waals surface area contributed by atoms with Crippen LogP contribution in [-0.4, -0.2) is 19.0 Å². The number of hydrogen-bond acceptors (Lipinski definition) is 2. The van der Waals surface area contributed by atoms with Crippen LogP contribution >= 0.6 is 12.1 Å². The lowest BCUT2D eigenvalue weighted by atomic mass is 10.3. The normalized spacial score (nSPS) is 10.4. The van der Waals surface area contributed by atoms with E-state index in [1.54, 1.807) is 0 Å². The van der Waals surface area contributed by atoms with E-state index in [9.17, 15) is 3.89 Å². The first-order valence-corrected chi connectivity index (χ1v) is 5.11. The minimum atomic E-state index is 0.429. The zero-order valence-corrected chi connectivity index (χ0v) is 7.96. The molecule has 0 saturated carbocycles. The van der Waals surface area contributed by atoms with Gasteiger partial charge in [0.25, 0.3) is 0 Å². The largest absolute Gasteiger partial charge is 0.381 e. The molecule has 0 radical (unpaired) electrons.